The molecule has 96 valence electrons. The maximum absolute atomic E-state index is 9.70. The van der Waals surface area contributed by atoms with Crippen LogP contribution in [-0.4, -0.2) is 10.2 Å². The number of aromatic hydroxyl groups is 2. The van der Waals surface area contributed by atoms with Crippen LogP contribution < -0.4 is 5.32 Å². The third kappa shape index (κ3) is 2.83. The Morgan fingerprint density at radius 2 is 2.00 bits per heavy atom. The summed E-state index contributed by atoms with van der Waals surface area (Å²) in [5.41, 5.74) is 0.704. The smallest absolute Gasteiger partial charge is 0.161 e. The molecule has 0 aliphatic carbocycles. The van der Waals surface area contributed by atoms with Crippen molar-refractivity contribution in [2.45, 2.75) is 26.4 Å². The van der Waals surface area contributed by atoms with E-state index in [0.717, 1.165) is 0 Å². The third-order valence-electron chi connectivity index (χ3n) is 2.88. The van der Waals surface area contributed by atoms with E-state index in [4.69, 9.17) is 0 Å². The molecule has 3 N–H and O–H groups in total. The Bertz CT molecular complexity index is 536. The zero-order chi connectivity index (χ0) is 13.1. The van der Waals surface area contributed by atoms with Crippen molar-refractivity contribution in [2.75, 3.05) is 0 Å². The van der Waals surface area contributed by atoms with Crippen LogP contribution >= 0.6 is 11.3 Å². The molecular formula is C14H17NO2S. The highest BCUT2D eigenvalue weighted by Gasteiger charge is 2.10. The van der Waals surface area contributed by atoms with Crippen LogP contribution in [0.1, 0.15) is 28.3 Å². The van der Waals surface area contributed by atoms with Crippen molar-refractivity contribution in [1.29, 1.82) is 0 Å². The second kappa shape index (κ2) is 5.42. The van der Waals surface area contributed by atoms with E-state index < -0.39 is 0 Å². The number of aryl methyl sites for hydroxylation is 1. The Labute approximate surface area is 111 Å². The summed E-state index contributed by atoms with van der Waals surface area (Å²) in [4.78, 5) is 2.56. The molecule has 1 aromatic heterocycles. The van der Waals surface area contributed by atoms with Crippen LogP contribution in [0, 0.1) is 6.92 Å². The van der Waals surface area contributed by atoms with Gasteiger partial charge in [0.15, 0.2) is 11.5 Å². The lowest BCUT2D eigenvalue weighted by atomic mass is 10.1. The number of hydrogen-bond acceptors (Lipinski definition) is 4. The minimum atomic E-state index is -0.0751. The van der Waals surface area contributed by atoms with Gasteiger partial charge in [-0.15, -0.1) is 11.3 Å². The summed E-state index contributed by atoms with van der Waals surface area (Å²) in [5.74, 6) is -0.117. The molecule has 18 heavy (non-hydrogen) atoms. The van der Waals surface area contributed by atoms with Crippen LogP contribution in [0.3, 0.4) is 0 Å². The number of nitrogens with one attached hydrogen (secondary N) is 1. The fourth-order valence-corrected chi connectivity index (χ4v) is 2.67. The van der Waals surface area contributed by atoms with Crippen LogP contribution in [0.2, 0.25) is 0 Å². The summed E-state index contributed by atoms with van der Waals surface area (Å²) < 4.78 is 0. The van der Waals surface area contributed by atoms with Crippen molar-refractivity contribution in [3.05, 3.63) is 45.6 Å². The Hall–Kier alpha value is -1.52. The minimum absolute atomic E-state index is 0.0421. The van der Waals surface area contributed by atoms with Gasteiger partial charge in [0, 0.05) is 27.9 Å². The number of thiophene rings is 1. The van der Waals surface area contributed by atoms with Crippen LogP contribution in [0.25, 0.3) is 0 Å². The Kier molecular flexibility index (Phi) is 3.89. The standard InChI is InChI=1S/C14H17NO2S/c1-9-6-7-13(18-9)10(2)15-8-11-4-3-5-12(16)14(11)17/h3-7,10,15-17H,8H2,1-2H3. The van der Waals surface area contributed by atoms with E-state index in [9.17, 15) is 10.2 Å². The van der Waals surface area contributed by atoms with Gasteiger partial charge in [-0.3, -0.25) is 0 Å². The van der Waals surface area contributed by atoms with E-state index >= 15 is 0 Å². The normalized spacial score (nSPS) is 12.6. The van der Waals surface area contributed by atoms with E-state index in [1.54, 1.807) is 23.5 Å². The van der Waals surface area contributed by atoms with Crippen LogP contribution in [0.4, 0.5) is 0 Å². The molecule has 0 bridgehead atoms. The monoisotopic (exact) mass is 263 g/mol. The van der Waals surface area contributed by atoms with Gasteiger partial charge in [-0.1, -0.05) is 12.1 Å². The fourth-order valence-electron chi connectivity index (χ4n) is 1.77. The molecule has 2 rings (SSSR count). The molecule has 2 aromatic rings. The molecule has 0 saturated carbocycles. The van der Waals surface area contributed by atoms with E-state index in [-0.39, 0.29) is 17.5 Å². The highest BCUT2D eigenvalue weighted by Crippen LogP contribution is 2.29. The van der Waals surface area contributed by atoms with Crippen LogP contribution in [0.5, 0.6) is 11.5 Å². The van der Waals surface area contributed by atoms with Crippen molar-refractivity contribution >= 4 is 11.3 Å². The first-order valence-corrected chi connectivity index (χ1v) is 6.69. The summed E-state index contributed by atoms with van der Waals surface area (Å²) in [7, 11) is 0. The molecule has 0 fully saturated rings. The van der Waals surface area contributed by atoms with E-state index in [0.29, 0.717) is 12.1 Å². The number of para-hydroxylation sites is 1. The summed E-state index contributed by atoms with van der Waals surface area (Å²) >= 11 is 1.76. The molecule has 1 aromatic carbocycles. The molecule has 1 unspecified atom stereocenters. The average molecular weight is 263 g/mol. The predicted molar refractivity (Wildman–Crippen MR) is 74.1 cm³/mol. The van der Waals surface area contributed by atoms with Crippen molar-refractivity contribution in [2.24, 2.45) is 0 Å². The van der Waals surface area contributed by atoms with Crippen molar-refractivity contribution in [3.8, 4) is 11.5 Å². The fraction of sp³-hybridized carbons (Fsp3) is 0.286. The second-order valence-corrected chi connectivity index (χ2v) is 5.66. The van der Waals surface area contributed by atoms with E-state index in [1.807, 2.05) is 0 Å². The molecule has 0 aliphatic heterocycles. The molecule has 1 atom stereocenters. The minimum Gasteiger partial charge on any atom is -0.504 e. The zero-order valence-corrected chi connectivity index (χ0v) is 11.3. The van der Waals surface area contributed by atoms with Gasteiger partial charge in [-0.2, -0.15) is 0 Å². The largest absolute Gasteiger partial charge is 0.504 e. The zero-order valence-electron chi connectivity index (χ0n) is 10.5. The maximum Gasteiger partial charge on any atom is 0.161 e. The topological polar surface area (TPSA) is 52.5 Å². The van der Waals surface area contributed by atoms with Gasteiger partial charge in [0.25, 0.3) is 0 Å². The molecule has 1 heterocycles. The van der Waals surface area contributed by atoms with Gasteiger partial charge < -0.3 is 15.5 Å². The second-order valence-electron chi connectivity index (χ2n) is 4.34. The highest BCUT2D eigenvalue weighted by atomic mass is 32.1. The van der Waals surface area contributed by atoms with Gasteiger partial charge in [-0.25, -0.2) is 0 Å². The maximum atomic E-state index is 9.70. The number of benzene rings is 1. The molecule has 4 heteroatoms. The molecule has 0 amide bonds. The van der Waals surface area contributed by atoms with Gasteiger partial charge in [0.05, 0.1) is 0 Å². The van der Waals surface area contributed by atoms with Crippen molar-refractivity contribution in [1.82, 2.24) is 5.32 Å². The Balaban J connectivity index is 2.01. The number of rotatable bonds is 4. The first-order valence-electron chi connectivity index (χ1n) is 5.87. The van der Waals surface area contributed by atoms with Crippen LogP contribution in [0.15, 0.2) is 30.3 Å². The number of hydrogen-bond donors (Lipinski definition) is 3. The first kappa shape index (κ1) is 12.9. The summed E-state index contributed by atoms with van der Waals surface area (Å²) in [6, 6.07) is 9.44. The van der Waals surface area contributed by atoms with Gasteiger partial charge in [0.1, 0.15) is 0 Å². The Morgan fingerprint density at radius 3 is 2.67 bits per heavy atom. The summed E-state index contributed by atoms with van der Waals surface area (Å²) in [5, 5.41) is 22.4. The Morgan fingerprint density at radius 1 is 1.22 bits per heavy atom. The lowest BCUT2D eigenvalue weighted by molar-refractivity contribution is 0.396. The van der Waals surface area contributed by atoms with E-state index in [1.165, 1.54) is 15.8 Å². The van der Waals surface area contributed by atoms with Crippen molar-refractivity contribution < 1.29 is 10.2 Å². The SMILES string of the molecule is Cc1ccc(C(C)NCc2cccc(O)c2O)s1. The van der Waals surface area contributed by atoms with E-state index in [2.05, 4.69) is 31.3 Å². The summed E-state index contributed by atoms with van der Waals surface area (Å²) in [6.45, 7) is 4.70. The number of phenolic OH excluding ortho intramolecular Hbond substituents is 2. The van der Waals surface area contributed by atoms with Gasteiger partial charge in [-0.05, 0) is 32.0 Å². The van der Waals surface area contributed by atoms with Crippen molar-refractivity contribution in [3.63, 3.8) is 0 Å². The quantitative estimate of drug-likeness (QED) is 0.742. The highest BCUT2D eigenvalue weighted by molar-refractivity contribution is 7.12. The van der Waals surface area contributed by atoms with Crippen LogP contribution in [-0.2, 0) is 6.54 Å². The third-order valence-corrected chi connectivity index (χ3v) is 4.07. The first-order chi connectivity index (χ1) is 8.58. The average Bonchev–Trinajstić information content (AvgIpc) is 2.77. The van der Waals surface area contributed by atoms with Gasteiger partial charge in [0.2, 0.25) is 0 Å². The molecule has 3 nitrogen and oxygen atoms in total. The lowest BCUT2D eigenvalue weighted by Crippen LogP contribution is -2.17. The summed E-state index contributed by atoms with van der Waals surface area (Å²) in [6.07, 6.45) is 0. The molecule has 0 spiro atoms. The number of phenols is 2. The lowest BCUT2D eigenvalue weighted by Gasteiger charge is -2.13. The molecule has 0 aliphatic rings. The molecule has 0 radical (unpaired) electrons. The predicted octanol–water partition coefficient (Wildman–Crippen LogP) is 3.32. The van der Waals surface area contributed by atoms with Gasteiger partial charge >= 0.3 is 0 Å². The molecule has 0 saturated heterocycles. The molecular weight excluding hydrogens is 246 g/mol.